The Morgan fingerprint density at radius 3 is 2.40 bits per heavy atom. The summed E-state index contributed by atoms with van der Waals surface area (Å²) in [6, 6.07) is 12.2. The molecule has 0 aliphatic rings. The zero-order valence-corrected chi connectivity index (χ0v) is 15.8. The highest BCUT2D eigenvalue weighted by Crippen LogP contribution is 2.28. The molecule has 2 amide bonds. The van der Waals surface area contributed by atoms with E-state index in [1.807, 2.05) is 18.2 Å². The largest absolute Gasteiger partial charge is 0.354 e. The summed E-state index contributed by atoms with van der Waals surface area (Å²) in [5, 5.41) is 4.22. The number of nitrogens with one attached hydrogen (secondary N) is 1. The molecule has 2 aromatic rings. The maximum atomic E-state index is 12.2. The first-order valence-electron chi connectivity index (χ1n) is 7.61. The van der Waals surface area contributed by atoms with Crippen LogP contribution in [0.2, 0.25) is 15.1 Å². The Bertz CT molecular complexity index is 781. The second-order valence-corrected chi connectivity index (χ2v) is 6.71. The summed E-state index contributed by atoms with van der Waals surface area (Å²) >= 11 is 17.9. The van der Waals surface area contributed by atoms with Crippen LogP contribution in [0.5, 0.6) is 0 Å². The monoisotopic (exact) mass is 398 g/mol. The van der Waals surface area contributed by atoms with Crippen LogP contribution in [-0.2, 0) is 16.0 Å². The van der Waals surface area contributed by atoms with Crippen molar-refractivity contribution in [3.63, 3.8) is 0 Å². The molecule has 0 unspecified atom stereocenters. The van der Waals surface area contributed by atoms with E-state index in [-0.39, 0.29) is 18.4 Å². The van der Waals surface area contributed by atoms with Gasteiger partial charge in [0.05, 0.1) is 10.7 Å². The van der Waals surface area contributed by atoms with Gasteiger partial charge in [0.25, 0.3) is 0 Å². The molecule has 0 spiro atoms. The standard InChI is InChI=1S/C18H17Cl3N2O2/c1-12(24)23(17-6-5-15(20)10-16(17)21)11-18(25)22-8-7-13-3-2-4-14(19)9-13/h2-6,9-10H,7-8,11H2,1H3,(H,22,25). The number of hydrogen-bond donors (Lipinski definition) is 1. The Morgan fingerprint density at radius 1 is 1.04 bits per heavy atom. The topological polar surface area (TPSA) is 49.4 Å². The van der Waals surface area contributed by atoms with Gasteiger partial charge in [-0.25, -0.2) is 0 Å². The van der Waals surface area contributed by atoms with Crippen molar-refractivity contribution in [1.82, 2.24) is 5.32 Å². The lowest BCUT2D eigenvalue weighted by Crippen LogP contribution is -2.40. The highest BCUT2D eigenvalue weighted by atomic mass is 35.5. The Morgan fingerprint density at radius 2 is 1.76 bits per heavy atom. The number of benzene rings is 2. The molecule has 0 aliphatic carbocycles. The van der Waals surface area contributed by atoms with E-state index in [2.05, 4.69) is 5.32 Å². The quantitative estimate of drug-likeness (QED) is 0.784. The number of halogens is 3. The van der Waals surface area contributed by atoms with Gasteiger partial charge in [0, 0.05) is 23.5 Å². The van der Waals surface area contributed by atoms with Crippen molar-refractivity contribution in [2.45, 2.75) is 13.3 Å². The number of carbonyl (C=O) groups excluding carboxylic acids is 2. The van der Waals surface area contributed by atoms with E-state index < -0.39 is 0 Å². The van der Waals surface area contributed by atoms with Crippen molar-refractivity contribution in [3.8, 4) is 0 Å². The molecule has 0 fully saturated rings. The molecule has 0 aliphatic heterocycles. The van der Waals surface area contributed by atoms with Gasteiger partial charge in [0.1, 0.15) is 6.54 Å². The predicted octanol–water partition coefficient (Wildman–Crippen LogP) is 4.36. The number of amides is 2. The number of hydrogen-bond acceptors (Lipinski definition) is 2. The normalized spacial score (nSPS) is 10.4. The zero-order chi connectivity index (χ0) is 18.4. The van der Waals surface area contributed by atoms with E-state index in [1.54, 1.807) is 18.2 Å². The summed E-state index contributed by atoms with van der Waals surface area (Å²) in [5.41, 5.74) is 1.47. The third-order valence-corrected chi connectivity index (χ3v) is 4.28. The molecule has 4 nitrogen and oxygen atoms in total. The fraction of sp³-hybridized carbons (Fsp3) is 0.222. The van der Waals surface area contributed by atoms with Gasteiger partial charge in [0.15, 0.2) is 0 Å². The molecule has 0 radical (unpaired) electrons. The summed E-state index contributed by atoms with van der Waals surface area (Å²) in [6.07, 6.45) is 0.647. The van der Waals surface area contributed by atoms with Gasteiger partial charge in [-0.15, -0.1) is 0 Å². The minimum Gasteiger partial charge on any atom is -0.354 e. The fourth-order valence-electron chi connectivity index (χ4n) is 2.30. The van der Waals surface area contributed by atoms with Gasteiger partial charge in [-0.05, 0) is 42.3 Å². The number of anilines is 1. The lowest BCUT2D eigenvalue weighted by molar-refractivity contribution is -0.123. The van der Waals surface area contributed by atoms with Crippen LogP contribution in [0.3, 0.4) is 0 Å². The predicted molar refractivity (Wildman–Crippen MR) is 103 cm³/mol. The van der Waals surface area contributed by atoms with Gasteiger partial charge < -0.3 is 10.2 Å². The van der Waals surface area contributed by atoms with Crippen LogP contribution in [-0.4, -0.2) is 24.9 Å². The molecular formula is C18H17Cl3N2O2. The van der Waals surface area contributed by atoms with Gasteiger partial charge in [-0.1, -0.05) is 46.9 Å². The molecule has 0 aromatic heterocycles. The first-order chi connectivity index (χ1) is 11.9. The van der Waals surface area contributed by atoms with Crippen molar-refractivity contribution in [2.24, 2.45) is 0 Å². The SMILES string of the molecule is CC(=O)N(CC(=O)NCCc1cccc(Cl)c1)c1ccc(Cl)cc1Cl. The molecule has 0 heterocycles. The average Bonchev–Trinajstić information content (AvgIpc) is 2.53. The summed E-state index contributed by atoms with van der Waals surface area (Å²) in [4.78, 5) is 25.4. The first-order valence-corrected chi connectivity index (χ1v) is 8.74. The molecule has 132 valence electrons. The lowest BCUT2D eigenvalue weighted by Gasteiger charge is -2.22. The molecule has 2 aromatic carbocycles. The van der Waals surface area contributed by atoms with Gasteiger partial charge >= 0.3 is 0 Å². The summed E-state index contributed by atoms with van der Waals surface area (Å²) in [5.74, 6) is -0.558. The van der Waals surface area contributed by atoms with Crippen molar-refractivity contribution >= 4 is 52.3 Å². The minimum atomic E-state index is -0.283. The van der Waals surface area contributed by atoms with E-state index in [1.165, 1.54) is 17.9 Å². The Labute approximate surface area is 161 Å². The number of nitrogens with zero attached hydrogens (tertiary/aromatic N) is 1. The second-order valence-electron chi connectivity index (χ2n) is 5.43. The van der Waals surface area contributed by atoms with Crippen molar-refractivity contribution in [1.29, 1.82) is 0 Å². The van der Waals surface area contributed by atoms with Crippen LogP contribution in [0.15, 0.2) is 42.5 Å². The highest BCUT2D eigenvalue weighted by Gasteiger charge is 2.18. The van der Waals surface area contributed by atoms with E-state index in [9.17, 15) is 9.59 Å². The minimum absolute atomic E-state index is 0.119. The maximum Gasteiger partial charge on any atom is 0.240 e. The molecule has 2 rings (SSSR count). The Kier molecular flexibility index (Phi) is 7.12. The van der Waals surface area contributed by atoms with Gasteiger partial charge in [-0.2, -0.15) is 0 Å². The second kappa shape index (κ2) is 9.09. The first kappa shape index (κ1) is 19.6. The molecule has 1 N–H and O–H groups in total. The molecular weight excluding hydrogens is 383 g/mol. The van der Waals surface area contributed by atoms with Crippen LogP contribution < -0.4 is 10.2 Å². The van der Waals surface area contributed by atoms with E-state index in [0.29, 0.717) is 33.7 Å². The van der Waals surface area contributed by atoms with Crippen molar-refractivity contribution < 1.29 is 9.59 Å². The van der Waals surface area contributed by atoms with E-state index >= 15 is 0 Å². The smallest absolute Gasteiger partial charge is 0.240 e. The van der Waals surface area contributed by atoms with Crippen LogP contribution in [0.1, 0.15) is 12.5 Å². The number of rotatable bonds is 6. The maximum absolute atomic E-state index is 12.2. The van der Waals surface area contributed by atoms with Crippen LogP contribution in [0, 0.1) is 0 Å². The van der Waals surface area contributed by atoms with Crippen molar-refractivity contribution in [3.05, 3.63) is 63.1 Å². The molecule has 0 atom stereocenters. The summed E-state index contributed by atoms with van der Waals surface area (Å²) in [6.45, 7) is 1.70. The summed E-state index contributed by atoms with van der Waals surface area (Å²) < 4.78 is 0. The van der Waals surface area contributed by atoms with E-state index in [4.69, 9.17) is 34.8 Å². The Hall–Kier alpha value is -1.75. The third-order valence-electron chi connectivity index (χ3n) is 3.51. The summed E-state index contributed by atoms with van der Waals surface area (Å²) in [7, 11) is 0. The van der Waals surface area contributed by atoms with Crippen molar-refractivity contribution in [2.75, 3.05) is 18.0 Å². The molecule has 0 bridgehead atoms. The lowest BCUT2D eigenvalue weighted by atomic mass is 10.1. The molecule has 0 saturated carbocycles. The fourth-order valence-corrected chi connectivity index (χ4v) is 3.03. The van der Waals surface area contributed by atoms with Crippen LogP contribution >= 0.6 is 34.8 Å². The zero-order valence-electron chi connectivity index (χ0n) is 13.6. The van der Waals surface area contributed by atoms with Crippen LogP contribution in [0.4, 0.5) is 5.69 Å². The van der Waals surface area contributed by atoms with Gasteiger partial charge in [0.2, 0.25) is 11.8 Å². The van der Waals surface area contributed by atoms with Crippen LogP contribution in [0.25, 0.3) is 0 Å². The molecule has 25 heavy (non-hydrogen) atoms. The van der Waals surface area contributed by atoms with E-state index in [0.717, 1.165) is 5.56 Å². The third kappa shape index (κ3) is 5.92. The average molecular weight is 400 g/mol. The number of carbonyl (C=O) groups is 2. The molecule has 7 heteroatoms. The molecule has 0 saturated heterocycles. The Balaban J connectivity index is 1.95. The highest BCUT2D eigenvalue weighted by molar-refractivity contribution is 6.36. The van der Waals surface area contributed by atoms with Gasteiger partial charge in [-0.3, -0.25) is 9.59 Å².